The van der Waals surface area contributed by atoms with Crippen molar-refractivity contribution < 1.29 is 23.1 Å². The van der Waals surface area contributed by atoms with Crippen LogP contribution in [-0.4, -0.2) is 61.3 Å². The third-order valence-corrected chi connectivity index (χ3v) is 5.30. The summed E-state index contributed by atoms with van der Waals surface area (Å²) in [6, 6.07) is 3.52. The second kappa shape index (κ2) is 5.45. The van der Waals surface area contributed by atoms with E-state index in [0.29, 0.717) is 6.54 Å². The van der Waals surface area contributed by atoms with Gasteiger partial charge in [-0.15, -0.1) is 0 Å². The number of fused-ring (bicyclic) bond motifs is 1. The summed E-state index contributed by atoms with van der Waals surface area (Å²) in [4.78, 5) is 24.8. The first-order chi connectivity index (χ1) is 9.78. The van der Waals surface area contributed by atoms with E-state index in [9.17, 15) is 18.0 Å². The van der Waals surface area contributed by atoms with E-state index in [1.807, 2.05) is 18.9 Å². The van der Waals surface area contributed by atoms with Gasteiger partial charge in [0.15, 0.2) is 0 Å². The SMILES string of the molecule is CCN(C)CCN1C(=O)c2ccc(C(=O)O)cc2S1(=O)=O. The number of hydrogen-bond donors (Lipinski definition) is 1. The summed E-state index contributed by atoms with van der Waals surface area (Å²) in [7, 11) is -2.14. The van der Waals surface area contributed by atoms with Crippen LogP contribution in [0, 0.1) is 0 Å². The minimum absolute atomic E-state index is 0.0270. The minimum Gasteiger partial charge on any atom is -0.478 e. The number of sulfonamides is 1. The number of amides is 1. The summed E-state index contributed by atoms with van der Waals surface area (Å²) in [6.07, 6.45) is 0. The Morgan fingerprint density at radius 3 is 2.62 bits per heavy atom. The minimum atomic E-state index is -3.96. The van der Waals surface area contributed by atoms with Crippen molar-refractivity contribution in [2.24, 2.45) is 0 Å². The molecule has 0 saturated carbocycles. The van der Waals surface area contributed by atoms with Crippen LogP contribution in [0.2, 0.25) is 0 Å². The van der Waals surface area contributed by atoms with E-state index >= 15 is 0 Å². The van der Waals surface area contributed by atoms with Crippen molar-refractivity contribution in [2.45, 2.75) is 11.8 Å². The van der Waals surface area contributed by atoms with Gasteiger partial charge in [-0.3, -0.25) is 4.79 Å². The van der Waals surface area contributed by atoms with Crippen LogP contribution in [0.4, 0.5) is 0 Å². The number of carboxylic acids is 1. The van der Waals surface area contributed by atoms with Crippen LogP contribution < -0.4 is 0 Å². The second-order valence-electron chi connectivity index (χ2n) is 4.79. The summed E-state index contributed by atoms with van der Waals surface area (Å²) >= 11 is 0. The number of carboxylic acid groups (broad SMARTS) is 1. The molecule has 2 rings (SSSR count). The van der Waals surface area contributed by atoms with Crippen LogP contribution in [0.3, 0.4) is 0 Å². The highest BCUT2D eigenvalue weighted by atomic mass is 32.2. The number of carbonyl (C=O) groups excluding carboxylic acids is 1. The molecular weight excluding hydrogens is 296 g/mol. The standard InChI is InChI=1S/C13H16N2O5S/c1-3-14(2)6-7-15-12(16)10-5-4-9(13(17)18)8-11(10)21(15,19)20/h4-5,8H,3,6-7H2,1-2H3,(H,17,18). The van der Waals surface area contributed by atoms with Gasteiger partial charge in [0.1, 0.15) is 4.90 Å². The fourth-order valence-corrected chi connectivity index (χ4v) is 3.63. The van der Waals surface area contributed by atoms with Gasteiger partial charge >= 0.3 is 5.97 Å². The lowest BCUT2D eigenvalue weighted by atomic mass is 10.1. The molecule has 8 heteroatoms. The van der Waals surface area contributed by atoms with Crippen LogP contribution in [0.1, 0.15) is 27.6 Å². The van der Waals surface area contributed by atoms with Crippen molar-refractivity contribution in [3.8, 4) is 0 Å². The third-order valence-electron chi connectivity index (χ3n) is 3.48. The summed E-state index contributed by atoms with van der Waals surface area (Å²) in [5.74, 6) is -1.84. The lowest BCUT2D eigenvalue weighted by Gasteiger charge is -2.19. The molecular formula is C13H16N2O5S. The molecule has 1 aliphatic rings. The van der Waals surface area contributed by atoms with Gasteiger partial charge in [0.25, 0.3) is 15.9 Å². The molecule has 0 aromatic heterocycles. The maximum atomic E-state index is 12.4. The molecule has 0 fully saturated rings. The molecule has 21 heavy (non-hydrogen) atoms. The zero-order valence-electron chi connectivity index (χ0n) is 11.7. The highest BCUT2D eigenvalue weighted by molar-refractivity contribution is 7.90. The molecule has 1 aromatic rings. The molecule has 0 aliphatic carbocycles. The monoisotopic (exact) mass is 312 g/mol. The van der Waals surface area contributed by atoms with Crippen LogP contribution in [0.15, 0.2) is 23.1 Å². The molecule has 0 bridgehead atoms. The van der Waals surface area contributed by atoms with Crippen LogP contribution >= 0.6 is 0 Å². The zero-order chi connectivity index (χ0) is 15.8. The molecule has 1 amide bonds. The van der Waals surface area contributed by atoms with Crippen molar-refractivity contribution in [2.75, 3.05) is 26.7 Å². The number of carbonyl (C=O) groups is 2. The molecule has 0 spiro atoms. The van der Waals surface area contributed by atoms with Crippen molar-refractivity contribution in [1.29, 1.82) is 0 Å². The molecule has 1 N–H and O–H groups in total. The van der Waals surface area contributed by atoms with E-state index in [0.717, 1.165) is 16.9 Å². The quantitative estimate of drug-likeness (QED) is 0.850. The van der Waals surface area contributed by atoms with E-state index in [4.69, 9.17) is 5.11 Å². The average Bonchev–Trinajstić information content (AvgIpc) is 2.63. The van der Waals surface area contributed by atoms with E-state index < -0.39 is 21.9 Å². The number of likely N-dealkylation sites (N-methyl/N-ethyl adjacent to an activating group) is 1. The van der Waals surface area contributed by atoms with Gasteiger partial charge in [-0.1, -0.05) is 6.92 Å². The highest BCUT2D eigenvalue weighted by Gasteiger charge is 2.41. The summed E-state index contributed by atoms with van der Waals surface area (Å²) in [5.41, 5.74) is -0.128. The number of hydrogen-bond acceptors (Lipinski definition) is 5. The number of nitrogens with zero attached hydrogens (tertiary/aromatic N) is 2. The Kier molecular flexibility index (Phi) is 4.02. The van der Waals surface area contributed by atoms with Crippen LogP contribution in [0.5, 0.6) is 0 Å². The summed E-state index contributed by atoms with van der Waals surface area (Å²) < 4.78 is 25.5. The molecule has 0 atom stereocenters. The molecule has 0 radical (unpaired) electrons. The molecule has 1 aromatic carbocycles. The van der Waals surface area contributed by atoms with Crippen molar-refractivity contribution in [3.63, 3.8) is 0 Å². The Hall–Kier alpha value is -1.93. The molecule has 114 valence electrons. The molecule has 0 unspecified atom stereocenters. The summed E-state index contributed by atoms with van der Waals surface area (Å²) in [6.45, 7) is 3.12. The highest BCUT2D eigenvalue weighted by Crippen LogP contribution is 2.30. The van der Waals surface area contributed by atoms with Gasteiger partial charge in [0, 0.05) is 6.54 Å². The fourth-order valence-electron chi connectivity index (χ4n) is 2.05. The van der Waals surface area contributed by atoms with Gasteiger partial charge in [-0.2, -0.15) is 0 Å². The van der Waals surface area contributed by atoms with E-state index in [1.165, 1.54) is 12.1 Å². The Morgan fingerprint density at radius 2 is 2.05 bits per heavy atom. The molecule has 7 nitrogen and oxygen atoms in total. The predicted octanol–water partition coefficient (Wildman–Crippen LogP) is 0.481. The van der Waals surface area contributed by atoms with Crippen LogP contribution in [0.25, 0.3) is 0 Å². The van der Waals surface area contributed by atoms with Crippen molar-refractivity contribution in [3.05, 3.63) is 29.3 Å². The van der Waals surface area contributed by atoms with Crippen molar-refractivity contribution in [1.82, 2.24) is 9.21 Å². The van der Waals surface area contributed by atoms with Crippen LogP contribution in [-0.2, 0) is 10.0 Å². The smallest absolute Gasteiger partial charge is 0.335 e. The van der Waals surface area contributed by atoms with Gasteiger partial charge in [0.05, 0.1) is 17.7 Å². The average molecular weight is 312 g/mol. The maximum Gasteiger partial charge on any atom is 0.335 e. The Bertz CT molecular complexity index is 699. The van der Waals surface area contributed by atoms with E-state index in [2.05, 4.69) is 0 Å². The van der Waals surface area contributed by atoms with Gasteiger partial charge in [0.2, 0.25) is 0 Å². The molecule has 0 saturated heterocycles. The number of benzene rings is 1. The Balaban J connectivity index is 2.38. The summed E-state index contributed by atoms with van der Waals surface area (Å²) in [5, 5.41) is 8.93. The lowest BCUT2D eigenvalue weighted by Crippen LogP contribution is -2.37. The second-order valence-corrected chi connectivity index (χ2v) is 6.63. The topological polar surface area (TPSA) is 95.0 Å². The van der Waals surface area contributed by atoms with Gasteiger partial charge in [-0.05, 0) is 31.8 Å². The van der Waals surface area contributed by atoms with E-state index in [-0.39, 0.29) is 22.6 Å². The van der Waals surface area contributed by atoms with Crippen molar-refractivity contribution >= 4 is 21.9 Å². The van der Waals surface area contributed by atoms with Gasteiger partial charge in [-0.25, -0.2) is 17.5 Å². The first-order valence-electron chi connectivity index (χ1n) is 6.42. The molecule has 1 heterocycles. The normalized spacial score (nSPS) is 16.3. The number of aromatic carboxylic acids is 1. The first kappa shape index (κ1) is 15.5. The van der Waals surface area contributed by atoms with Gasteiger partial charge < -0.3 is 10.0 Å². The molecule has 1 aliphatic heterocycles. The Labute approximate surface area is 122 Å². The Morgan fingerprint density at radius 1 is 1.38 bits per heavy atom. The number of rotatable bonds is 5. The largest absolute Gasteiger partial charge is 0.478 e. The maximum absolute atomic E-state index is 12.4. The fraction of sp³-hybridized carbons (Fsp3) is 0.385. The zero-order valence-corrected chi connectivity index (χ0v) is 12.6. The lowest BCUT2D eigenvalue weighted by molar-refractivity contribution is 0.0695. The third kappa shape index (κ3) is 2.64. The first-order valence-corrected chi connectivity index (χ1v) is 7.86. The predicted molar refractivity (Wildman–Crippen MR) is 74.8 cm³/mol. The van der Waals surface area contributed by atoms with E-state index in [1.54, 1.807) is 0 Å².